The molecule has 0 unspecified atom stereocenters. The van der Waals surface area contributed by atoms with Crippen LogP contribution in [0.5, 0.6) is 0 Å². The molecule has 1 aliphatic heterocycles. The van der Waals surface area contributed by atoms with Gasteiger partial charge in [0.2, 0.25) is 0 Å². The molecule has 1 fully saturated rings. The van der Waals surface area contributed by atoms with Gasteiger partial charge in [-0.2, -0.15) is 0 Å². The molecule has 0 atom stereocenters. The summed E-state index contributed by atoms with van der Waals surface area (Å²) in [7, 11) is 0. The molecule has 0 amide bonds. The van der Waals surface area contributed by atoms with Gasteiger partial charge >= 0.3 is 0 Å². The molecule has 1 saturated heterocycles. The van der Waals surface area contributed by atoms with Crippen molar-refractivity contribution in [2.75, 3.05) is 13.1 Å². The van der Waals surface area contributed by atoms with Crippen molar-refractivity contribution in [1.29, 1.82) is 0 Å². The number of unbranched alkanes of at least 4 members (excludes halogenated alkanes) is 19. The predicted octanol–water partition coefficient (Wildman–Crippen LogP) is 11.5. The summed E-state index contributed by atoms with van der Waals surface area (Å²) in [6.45, 7) is 7.23. The van der Waals surface area contributed by atoms with Crippen molar-refractivity contribution in [1.82, 2.24) is 4.90 Å². The lowest BCUT2D eigenvalue weighted by Crippen LogP contribution is -2.18. The molecular weight excluding hydrogens is 410 g/mol. The van der Waals surface area contributed by atoms with Crippen LogP contribution in [0.2, 0.25) is 0 Å². The van der Waals surface area contributed by atoms with Crippen molar-refractivity contribution >= 4 is 0 Å². The SMILES string of the molecule is CCCCC/C=C\CCCCCCCCCCCC=C(CCCCCCCCC)N1CCCC1. The third-order valence-electron chi connectivity index (χ3n) is 7.64. The highest BCUT2D eigenvalue weighted by molar-refractivity contribution is 5.03. The molecule has 0 aliphatic carbocycles. The zero-order chi connectivity index (χ0) is 24.4. The van der Waals surface area contributed by atoms with Gasteiger partial charge in [-0.05, 0) is 64.2 Å². The van der Waals surface area contributed by atoms with Crippen molar-refractivity contribution in [3.05, 3.63) is 23.9 Å². The summed E-state index contributed by atoms with van der Waals surface area (Å²) in [6, 6.07) is 0. The van der Waals surface area contributed by atoms with Gasteiger partial charge in [0, 0.05) is 18.8 Å². The Kier molecular flexibility index (Phi) is 23.4. The third-order valence-corrected chi connectivity index (χ3v) is 7.64. The Morgan fingerprint density at radius 3 is 1.47 bits per heavy atom. The summed E-state index contributed by atoms with van der Waals surface area (Å²) >= 11 is 0. The topological polar surface area (TPSA) is 3.24 Å². The van der Waals surface area contributed by atoms with E-state index in [1.165, 1.54) is 174 Å². The van der Waals surface area contributed by atoms with E-state index >= 15 is 0 Å². The van der Waals surface area contributed by atoms with Crippen LogP contribution in [0.1, 0.15) is 174 Å². The zero-order valence-electron chi connectivity index (χ0n) is 23.8. The summed E-state index contributed by atoms with van der Waals surface area (Å²) in [5, 5.41) is 0. The van der Waals surface area contributed by atoms with Gasteiger partial charge in [-0.1, -0.05) is 128 Å². The Morgan fingerprint density at radius 2 is 0.912 bits per heavy atom. The van der Waals surface area contributed by atoms with Gasteiger partial charge in [0.1, 0.15) is 0 Å². The summed E-state index contributed by atoms with van der Waals surface area (Å²) in [5.41, 5.74) is 1.70. The molecule has 1 aliphatic rings. The van der Waals surface area contributed by atoms with Gasteiger partial charge in [0.15, 0.2) is 0 Å². The number of hydrogen-bond donors (Lipinski definition) is 0. The molecule has 0 N–H and O–H groups in total. The summed E-state index contributed by atoms with van der Waals surface area (Å²) in [4.78, 5) is 2.71. The van der Waals surface area contributed by atoms with Crippen LogP contribution in [0.25, 0.3) is 0 Å². The number of nitrogens with zero attached hydrogens (tertiary/aromatic N) is 1. The number of rotatable bonds is 25. The van der Waals surface area contributed by atoms with Gasteiger partial charge in [0.05, 0.1) is 0 Å². The monoisotopic (exact) mass is 473 g/mol. The van der Waals surface area contributed by atoms with E-state index in [1.807, 2.05) is 0 Å². The molecule has 0 bridgehead atoms. The minimum absolute atomic E-state index is 1.29. The minimum Gasteiger partial charge on any atom is -0.375 e. The van der Waals surface area contributed by atoms with E-state index in [0.717, 1.165) is 0 Å². The standard InChI is InChI=1S/C33H63N/c1-3-5-7-9-11-12-13-14-15-16-17-18-19-20-22-24-26-30-33(34-31-27-28-32-34)29-25-23-21-10-8-6-4-2/h11-12,30H,3-10,13-29,31-32H2,1-2H3/b12-11-,33-30?. The second kappa shape index (κ2) is 25.4. The predicted molar refractivity (Wildman–Crippen MR) is 156 cm³/mol. The average molecular weight is 474 g/mol. The Hall–Kier alpha value is -0.720. The normalized spacial score (nSPS) is 14.6. The van der Waals surface area contributed by atoms with Crippen molar-refractivity contribution in [2.24, 2.45) is 0 Å². The van der Waals surface area contributed by atoms with Crippen molar-refractivity contribution in [3.63, 3.8) is 0 Å². The molecule has 0 aromatic rings. The van der Waals surface area contributed by atoms with E-state index in [0.29, 0.717) is 0 Å². The van der Waals surface area contributed by atoms with Gasteiger partial charge < -0.3 is 4.90 Å². The van der Waals surface area contributed by atoms with Gasteiger partial charge in [-0.25, -0.2) is 0 Å². The number of allylic oxidation sites excluding steroid dienone is 4. The molecule has 1 nitrogen and oxygen atoms in total. The van der Waals surface area contributed by atoms with Crippen LogP contribution >= 0.6 is 0 Å². The second-order valence-corrected chi connectivity index (χ2v) is 11.0. The molecule has 1 heterocycles. The quantitative estimate of drug-likeness (QED) is 0.0940. The maximum Gasteiger partial charge on any atom is 0.0175 e. The molecule has 0 spiro atoms. The van der Waals surface area contributed by atoms with Crippen LogP contribution in [-0.2, 0) is 0 Å². The van der Waals surface area contributed by atoms with Crippen molar-refractivity contribution < 1.29 is 0 Å². The largest absolute Gasteiger partial charge is 0.375 e. The number of likely N-dealkylation sites (tertiary alicyclic amines) is 1. The fourth-order valence-corrected chi connectivity index (χ4v) is 5.32. The maximum atomic E-state index is 2.71. The fraction of sp³-hybridized carbons (Fsp3) is 0.879. The van der Waals surface area contributed by atoms with Crippen LogP contribution in [0, 0.1) is 0 Å². The van der Waals surface area contributed by atoms with E-state index in [-0.39, 0.29) is 0 Å². The molecule has 200 valence electrons. The van der Waals surface area contributed by atoms with Crippen LogP contribution < -0.4 is 0 Å². The van der Waals surface area contributed by atoms with Gasteiger partial charge in [-0.3, -0.25) is 0 Å². The third kappa shape index (κ3) is 19.6. The Labute approximate surface area is 216 Å². The minimum atomic E-state index is 1.29. The highest BCUT2D eigenvalue weighted by Crippen LogP contribution is 2.22. The Bertz CT molecular complexity index is 457. The van der Waals surface area contributed by atoms with Crippen molar-refractivity contribution in [3.8, 4) is 0 Å². The lowest BCUT2D eigenvalue weighted by atomic mass is 10.0. The van der Waals surface area contributed by atoms with Crippen molar-refractivity contribution in [2.45, 2.75) is 174 Å². The Morgan fingerprint density at radius 1 is 0.500 bits per heavy atom. The Balaban J connectivity index is 1.96. The van der Waals surface area contributed by atoms with Crippen LogP contribution in [0.4, 0.5) is 0 Å². The molecule has 34 heavy (non-hydrogen) atoms. The lowest BCUT2D eigenvalue weighted by molar-refractivity contribution is 0.399. The molecule has 0 aromatic carbocycles. The highest BCUT2D eigenvalue weighted by atomic mass is 15.1. The average Bonchev–Trinajstić information content (AvgIpc) is 3.39. The lowest BCUT2D eigenvalue weighted by Gasteiger charge is -2.22. The van der Waals surface area contributed by atoms with E-state index in [2.05, 4.69) is 37.0 Å². The zero-order valence-corrected chi connectivity index (χ0v) is 23.8. The molecule has 1 heteroatoms. The van der Waals surface area contributed by atoms with Gasteiger partial charge in [0.25, 0.3) is 0 Å². The van der Waals surface area contributed by atoms with E-state index in [9.17, 15) is 0 Å². The molecule has 0 aromatic heterocycles. The van der Waals surface area contributed by atoms with Crippen LogP contribution in [-0.4, -0.2) is 18.0 Å². The summed E-state index contributed by atoms with van der Waals surface area (Å²) < 4.78 is 0. The fourth-order valence-electron chi connectivity index (χ4n) is 5.32. The van der Waals surface area contributed by atoms with Crippen LogP contribution in [0.15, 0.2) is 23.9 Å². The van der Waals surface area contributed by atoms with E-state index in [1.54, 1.807) is 5.70 Å². The first-order valence-electron chi connectivity index (χ1n) is 16.0. The van der Waals surface area contributed by atoms with Gasteiger partial charge in [-0.15, -0.1) is 0 Å². The first kappa shape index (κ1) is 31.3. The number of hydrogen-bond acceptors (Lipinski definition) is 1. The smallest absolute Gasteiger partial charge is 0.0175 e. The van der Waals surface area contributed by atoms with E-state index < -0.39 is 0 Å². The first-order chi connectivity index (χ1) is 16.9. The second-order valence-electron chi connectivity index (χ2n) is 11.0. The van der Waals surface area contributed by atoms with E-state index in [4.69, 9.17) is 0 Å². The first-order valence-corrected chi connectivity index (χ1v) is 16.0. The summed E-state index contributed by atoms with van der Waals surface area (Å²) in [6.07, 6.45) is 42.5. The molecule has 0 saturated carbocycles. The highest BCUT2D eigenvalue weighted by Gasteiger charge is 2.14. The van der Waals surface area contributed by atoms with Crippen LogP contribution in [0.3, 0.4) is 0 Å². The molecule has 0 radical (unpaired) electrons. The maximum absolute atomic E-state index is 2.71. The molecule has 1 rings (SSSR count). The molecular formula is C33H63N. The summed E-state index contributed by atoms with van der Waals surface area (Å²) in [5.74, 6) is 0.